The lowest BCUT2D eigenvalue weighted by molar-refractivity contribution is 0.521. The monoisotopic (exact) mass is 341 g/mol. The standard InChI is InChI=1S/C14H20BrN3S/c1-4-16-13(14-12(15)6-7-19-14)9-11-8-10(3)17-18(11)5-2/h6-8,13,16H,4-5,9H2,1-3H3. The predicted molar refractivity (Wildman–Crippen MR) is 84.8 cm³/mol. The third-order valence-corrected chi connectivity index (χ3v) is 5.09. The van der Waals surface area contributed by atoms with Crippen molar-refractivity contribution in [3.8, 4) is 0 Å². The second kappa shape index (κ2) is 6.68. The van der Waals surface area contributed by atoms with Gasteiger partial charge in [0.15, 0.2) is 0 Å². The number of nitrogens with one attached hydrogen (secondary N) is 1. The smallest absolute Gasteiger partial charge is 0.0596 e. The molecule has 0 aliphatic carbocycles. The van der Waals surface area contributed by atoms with E-state index in [1.54, 1.807) is 11.3 Å². The van der Waals surface area contributed by atoms with Gasteiger partial charge in [0.05, 0.1) is 5.69 Å². The molecule has 2 aromatic rings. The molecule has 1 N–H and O–H groups in total. The highest BCUT2D eigenvalue weighted by molar-refractivity contribution is 9.10. The Hall–Kier alpha value is -0.650. The maximum absolute atomic E-state index is 4.53. The average molecular weight is 342 g/mol. The molecule has 2 rings (SSSR count). The summed E-state index contributed by atoms with van der Waals surface area (Å²) in [6, 6.07) is 4.66. The maximum atomic E-state index is 4.53. The number of likely N-dealkylation sites (N-methyl/N-ethyl adjacent to an activating group) is 1. The van der Waals surface area contributed by atoms with Crippen LogP contribution in [-0.4, -0.2) is 16.3 Å². The van der Waals surface area contributed by atoms with Gasteiger partial charge in [-0.05, 0) is 53.8 Å². The van der Waals surface area contributed by atoms with Gasteiger partial charge in [-0.3, -0.25) is 4.68 Å². The van der Waals surface area contributed by atoms with E-state index >= 15 is 0 Å². The predicted octanol–water partition coefficient (Wildman–Crippen LogP) is 3.93. The van der Waals surface area contributed by atoms with Crippen LogP contribution < -0.4 is 5.32 Å². The van der Waals surface area contributed by atoms with Gasteiger partial charge >= 0.3 is 0 Å². The zero-order chi connectivity index (χ0) is 13.8. The first-order chi connectivity index (χ1) is 9.15. The molecule has 0 spiro atoms. The third kappa shape index (κ3) is 3.46. The number of aryl methyl sites for hydroxylation is 2. The normalized spacial score (nSPS) is 12.8. The van der Waals surface area contributed by atoms with Gasteiger partial charge in [-0.25, -0.2) is 0 Å². The van der Waals surface area contributed by atoms with Crippen LogP contribution in [-0.2, 0) is 13.0 Å². The molecule has 104 valence electrons. The lowest BCUT2D eigenvalue weighted by Crippen LogP contribution is -2.23. The highest BCUT2D eigenvalue weighted by Gasteiger charge is 2.18. The van der Waals surface area contributed by atoms with E-state index in [2.05, 4.69) is 69.3 Å². The zero-order valence-electron chi connectivity index (χ0n) is 11.6. The van der Waals surface area contributed by atoms with Crippen molar-refractivity contribution in [3.05, 3.63) is 38.3 Å². The van der Waals surface area contributed by atoms with E-state index in [4.69, 9.17) is 0 Å². The Labute approximate surface area is 127 Å². The molecule has 3 nitrogen and oxygen atoms in total. The molecule has 19 heavy (non-hydrogen) atoms. The van der Waals surface area contributed by atoms with Crippen LogP contribution in [0, 0.1) is 6.92 Å². The average Bonchev–Trinajstić information content (AvgIpc) is 2.94. The Bertz CT molecular complexity index is 533. The van der Waals surface area contributed by atoms with E-state index in [1.807, 2.05) is 0 Å². The molecule has 0 amide bonds. The highest BCUT2D eigenvalue weighted by atomic mass is 79.9. The van der Waals surface area contributed by atoms with Crippen LogP contribution in [0.2, 0.25) is 0 Å². The number of rotatable bonds is 6. The second-order valence-corrected chi connectivity index (χ2v) is 6.34. The van der Waals surface area contributed by atoms with Gasteiger partial charge < -0.3 is 5.32 Å². The summed E-state index contributed by atoms with van der Waals surface area (Å²) in [4.78, 5) is 1.36. The molecule has 2 aromatic heterocycles. The number of aromatic nitrogens is 2. The number of nitrogens with zero attached hydrogens (tertiary/aromatic N) is 2. The molecule has 1 atom stereocenters. The molecular formula is C14H20BrN3S. The second-order valence-electron chi connectivity index (χ2n) is 4.54. The van der Waals surface area contributed by atoms with Crippen LogP contribution in [0.25, 0.3) is 0 Å². The number of halogens is 1. The first-order valence-electron chi connectivity index (χ1n) is 6.65. The van der Waals surface area contributed by atoms with Crippen LogP contribution in [0.4, 0.5) is 0 Å². The van der Waals surface area contributed by atoms with E-state index < -0.39 is 0 Å². The molecule has 0 fully saturated rings. The Morgan fingerprint density at radius 3 is 2.84 bits per heavy atom. The van der Waals surface area contributed by atoms with E-state index in [9.17, 15) is 0 Å². The van der Waals surface area contributed by atoms with E-state index in [1.165, 1.54) is 15.0 Å². The Balaban J connectivity index is 2.23. The molecule has 0 aromatic carbocycles. The topological polar surface area (TPSA) is 29.9 Å². The molecule has 0 radical (unpaired) electrons. The van der Waals surface area contributed by atoms with Crippen molar-refractivity contribution < 1.29 is 0 Å². The van der Waals surface area contributed by atoms with Crippen molar-refractivity contribution in [2.75, 3.05) is 6.54 Å². The quantitative estimate of drug-likeness (QED) is 0.862. The summed E-state index contributed by atoms with van der Waals surface area (Å²) < 4.78 is 3.30. The van der Waals surface area contributed by atoms with Gasteiger partial charge in [-0.1, -0.05) is 6.92 Å². The van der Waals surface area contributed by atoms with E-state index in [-0.39, 0.29) is 0 Å². The van der Waals surface area contributed by atoms with Gasteiger partial charge in [0.2, 0.25) is 0 Å². The van der Waals surface area contributed by atoms with Gasteiger partial charge in [0.1, 0.15) is 0 Å². The minimum Gasteiger partial charge on any atom is -0.309 e. The summed E-state index contributed by atoms with van der Waals surface area (Å²) in [6.45, 7) is 8.23. The first kappa shape index (κ1) is 14.8. The lowest BCUT2D eigenvalue weighted by atomic mass is 10.1. The largest absolute Gasteiger partial charge is 0.309 e. The van der Waals surface area contributed by atoms with Crippen molar-refractivity contribution in [1.29, 1.82) is 0 Å². The van der Waals surface area contributed by atoms with Crippen molar-refractivity contribution >= 4 is 27.3 Å². The fourth-order valence-electron chi connectivity index (χ4n) is 2.30. The highest BCUT2D eigenvalue weighted by Crippen LogP contribution is 2.31. The Morgan fingerprint density at radius 2 is 2.26 bits per heavy atom. The molecule has 0 bridgehead atoms. The minimum atomic E-state index is 0.348. The van der Waals surface area contributed by atoms with Gasteiger partial charge in [-0.15, -0.1) is 11.3 Å². The van der Waals surface area contributed by atoms with E-state index in [0.717, 1.165) is 25.2 Å². The fourth-order valence-corrected chi connectivity index (χ4v) is 4.03. The maximum Gasteiger partial charge on any atom is 0.0596 e. The number of hydrogen-bond acceptors (Lipinski definition) is 3. The van der Waals surface area contributed by atoms with Gasteiger partial charge in [0.25, 0.3) is 0 Å². The van der Waals surface area contributed by atoms with Crippen LogP contribution in [0.3, 0.4) is 0 Å². The molecule has 1 unspecified atom stereocenters. The fraction of sp³-hybridized carbons (Fsp3) is 0.500. The van der Waals surface area contributed by atoms with Crippen molar-refractivity contribution in [2.45, 2.75) is 39.8 Å². The SMILES string of the molecule is CCNC(Cc1cc(C)nn1CC)c1sccc1Br. The van der Waals surface area contributed by atoms with Crippen LogP contribution in [0.1, 0.15) is 36.2 Å². The molecular weight excluding hydrogens is 322 g/mol. The van der Waals surface area contributed by atoms with Crippen molar-refractivity contribution in [1.82, 2.24) is 15.1 Å². The van der Waals surface area contributed by atoms with Crippen LogP contribution in [0.5, 0.6) is 0 Å². The zero-order valence-corrected chi connectivity index (χ0v) is 14.0. The van der Waals surface area contributed by atoms with Gasteiger partial charge in [0, 0.05) is 34.1 Å². The summed E-state index contributed by atoms with van der Waals surface area (Å²) in [5, 5.41) is 10.2. The van der Waals surface area contributed by atoms with Crippen LogP contribution in [0.15, 0.2) is 22.0 Å². The van der Waals surface area contributed by atoms with E-state index in [0.29, 0.717) is 6.04 Å². The van der Waals surface area contributed by atoms with Gasteiger partial charge in [-0.2, -0.15) is 5.10 Å². The number of thiophene rings is 1. The summed E-state index contributed by atoms with van der Waals surface area (Å²) in [7, 11) is 0. The Kier molecular flexibility index (Phi) is 5.19. The first-order valence-corrected chi connectivity index (χ1v) is 8.32. The molecule has 5 heteroatoms. The minimum absolute atomic E-state index is 0.348. The summed E-state index contributed by atoms with van der Waals surface area (Å²) in [6.07, 6.45) is 0.974. The summed E-state index contributed by atoms with van der Waals surface area (Å²) in [5.41, 5.74) is 2.39. The number of hydrogen-bond donors (Lipinski definition) is 1. The van der Waals surface area contributed by atoms with Crippen molar-refractivity contribution in [3.63, 3.8) is 0 Å². The van der Waals surface area contributed by atoms with Crippen molar-refractivity contribution in [2.24, 2.45) is 0 Å². The lowest BCUT2D eigenvalue weighted by Gasteiger charge is -2.17. The Morgan fingerprint density at radius 1 is 1.47 bits per heavy atom. The molecule has 0 saturated heterocycles. The molecule has 0 saturated carbocycles. The molecule has 2 heterocycles. The van der Waals surface area contributed by atoms with Crippen LogP contribution >= 0.6 is 27.3 Å². The summed E-state index contributed by atoms with van der Waals surface area (Å²) in [5.74, 6) is 0. The summed E-state index contributed by atoms with van der Waals surface area (Å²) >= 11 is 5.44. The molecule has 0 aliphatic rings. The molecule has 0 aliphatic heterocycles. The third-order valence-electron chi connectivity index (χ3n) is 3.11.